The number of hydrogen-bond donors (Lipinski definition) is 0. The van der Waals surface area contributed by atoms with Gasteiger partial charge in [-0.3, -0.25) is 9.69 Å². The standard InChI is InChI=1S/C17H21ClN2O2/c1-19-7-5-14(6-8-19)20(2)10-12-11-22-16-4-3-13(18)9-15(16)17(12)21/h3-4,9,11,14H,5-8,10H2,1-2H3. The van der Waals surface area contributed by atoms with Gasteiger partial charge in [0.15, 0.2) is 5.43 Å². The quantitative estimate of drug-likeness (QED) is 0.871. The Morgan fingerprint density at radius 2 is 2.09 bits per heavy atom. The normalized spacial score (nSPS) is 17.5. The van der Waals surface area contributed by atoms with Crippen LogP contribution in [0.25, 0.3) is 11.0 Å². The number of fused-ring (bicyclic) bond motifs is 1. The van der Waals surface area contributed by atoms with E-state index in [9.17, 15) is 4.79 Å². The van der Waals surface area contributed by atoms with Crippen molar-refractivity contribution in [2.75, 3.05) is 27.2 Å². The summed E-state index contributed by atoms with van der Waals surface area (Å²) in [6.07, 6.45) is 3.86. The molecule has 1 aliphatic heterocycles. The molecule has 1 aliphatic rings. The molecule has 2 heterocycles. The van der Waals surface area contributed by atoms with Crippen molar-refractivity contribution >= 4 is 22.6 Å². The molecule has 1 aromatic heterocycles. The second-order valence-corrected chi connectivity index (χ2v) is 6.62. The number of halogens is 1. The van der Waals surface area contributed by atoms with Crippen LogP contribution in [0.5, 0.6) is 0 Å². The highest BCUT2D eigenvalue weighted by molar-refractivity contribution is 6.31. The Hall–Kier alpha value is -1.36. The van der Waals surface area contributed by atoms with Crippen molar-refractivity contribution in [3.8, 4) is 0 Å². The smallest absolute Gasteiger partial charge is 0.197 e. The van der Waals surface area contributed by atoms with Crippen LogP contribution in [0.4, 0.5) is 0 Å². The summed E-state index contributed by atoms with van der Waals surface area (Å²) in [4.78, 5) is 17.2. The van der Waals surface area contributed by atoms with Gasteiger partial charge in [-0.15, -0.1) is 0 Å². The molecule has 3 rings (SSSR count). The van der Waals surface area contributed by atoms with E-state index in [1.165, 1.54) is 0 Å². The Bertz CT molecular complexity index is 720. The Morgan fingerprint density at radius 3 is 2.82 bits per heavy atom. The van der Waals surface area contributed by atoms with Gasteiger partial charge in [0.25, 0.3) is 0 Å². The van der Waals surface area contributed by atoms with Gasteiger partial charge in [0.1, 0.15) is 5.58 Å². The Morgan fingerprint density at radius 1 is 1.36 bits per heavy atom. The maximum Gasteiger partial charge on any atom is 0.197 e. The topological polar surface area (TPSA) is 36.7 Å². The van der Waals surface area contributed by atoms with E-state index in [0.717, 1.165) is 25.9 Å². The lowest BCUT2D eigenvalue weighted by molar-refractivity contribution is 0.138. The van der Waals surface area contributed by atoms with Gasteiger partial charge in [0.05, 0.1) is 11.6 Å². The average Bonchev–Trinajstić information content (AvgIpc) is 2.51. The maximum absolute atomic E-state index is 12.6. The van der Waals surface area contributed by atoms with E-state index >= 15 is 0 Å². The third-order valence-electron chi connectivity index (χ3n) is 4.54. The fourth-order valence-electron chi connectivity index (χ4n) is 3.09. The van der Waals surface area contributed by atoms with E-state index < -0.39 is 0 Å². The van der Waals surface area contributed by atoms with Crippen molar-refractivity contribution in [1.29, 1.82) is 0 Å². The van der Waals surface area contributed by atoms with Crippen LogP contribution in [-0.2, 0) is 6.54 Å². The van der Waals surface area contributed by atoms with Crippen LogP contribution in [0.2, 0.25) is 5.02 Å². The highest BCUT2D eigenvalue weighted by Crippen LogP contribution is 2.19. The highest BCUT2D eigenvalue weighted by Gasteiger charge is 2.21. The zero-order valence-corrected chi connectivity index (χ0v) is 13.8. The first-order valence-electron chi connectivity index (χ1n) is 7.63. The molecule has 1 fully saturated rings. The molecule has 2 aromatic rings. The van der Waals surface area contributed by atoms with Gasteiger partial charge < -0.3 is 9.32 Å². The third kappa shape index (κ3) is 3.19. The van der Waals surface area contributed by atoms with E-state index in [1.807, 2.05) is 0 Å². The summed E-state index contributed by atoms with van der Waals surface area (Å²) >= 11 is 5.99. The monoisotopic (exact) mass is 320 g/mol. The van der Waals surface area contributed by atoms with Gasteiger partial charge in [0.2, 0.25) is 0 Å². The van der Waals surface area contributed by atoms with Crippen LogP contribution in [0.3, 0.4) is 0 Å². The van der Waals surface area contributed by atoms with Gasteiger partial charge >= 0.3 is 0 Å². The average molecular weight is 321 g/mol. The molecule has 5 heteroatoms. The summed E-state index contributed by atoms with van der Waals surface area (Å²) in [5.41, 5.74) is 1.29. The minimum Gasteiger partial charge on any atom is -0.464 e. The molecule has 22 heavy (non-hydrogen) atoms. The minimum absolute atomic E-state index is 0.0172. The molecule has 118 valence electrons. The second kappa shape index (κ2) is 6.41. The van der Waals surface area contributed by atoms with Crippen LogP contribution < -0.4 is 5.43 Å². The zero-order valence-electron chi connectivity index (χ0n) is 13.0. The lowest BCUT2D eigenvalue weighted by Crippen LogP contribution is -2.42. The fraction of sp³-hybridized carbons (Fsp3) is 0.471. The molecule has 0 saturated carbocycles. The first-order valence-corrected chi connectivity index (χ1v) is 8.01. The van der Waals surface area contributed by atoms with E-state index in [-0.39, 0.29) is 5.43 Å². The van der Waals surface area contributed by atoms with Crippen LogP contribution >= 0.6 is 11.6 Å². The van der Waals surface area contributed by atoms with Crippen LogP contribution in [0.1, 0.15) is 18.4 Å². The van der Waals surface area contributed by atoms with Crippen molar-refractivity contribution in [1.82, 2.24) is 9.80 Å². The predicted molar refractivity (Wildman–Crippen MR) is 89.5 cm³/mol. The first kappa shape index (κ1) is 15.5. The SMILES string of the molecule is CN1CCC(N(C)Cc2coc3ccc(Cl)cc3c2=O)CC1. The number of rotatable bonds is 3. The van der Waals surface area contributed by atoms with Gasteiger partial charge in [-0.1, -0.05) is 11.6 Å². The summed E-state index contributed by atoms with van der Waals surface area (Å²) in [6.45, 7) is 2.83. The lowest BCUT2D eigenvalue weighted by atomic mass is 10.0. The second-order valence-electron chi connectivity index (χ2n) is 6.18. The molecule has 1 saturated heterocycles. The van der Waals surface area contributed by atoms with Crippen molar-refractivity contribution in [2.45, 2.75) is 25.4 Å². The van der Waals surface area contributed by atoms with Gasteiger partial charge in [-0.25, -0.2) is 0 Å². The van der Waals surface area contributed by atoms with Gasteiger partial charge in [-0.2, -0.15) is 0 Å². The van der Waals surface area contributed by atoms with Crippen LogP contribution in [0.15, 0.2) is 33.7 Å². The largest absolute Gasteiger partial charge is 0.464 e. The van der Waals surface area contributed by atoms with E-state index in [1.54, 1.807) is 24.5 Å². The summed E-state index contributed by atoms with van der Waals surface area (Å²) in [7, 11) is 4.23. The third-order valence-corrected chi connectivity index (χ3v) is 4.77. The molecular formula is C17H21ClN2O2. The van der Waals surface area contributed by atoms with Crippen molar-refractivity contribution < 1.29 is 4.42 Å². The molecule has 4 nitrogen and oxygen atoms in total. The maximum atomic E-state index is 12.6. The van der Waals surface area contributed by atoms with Crippen molar-refractivity contribution in [3.63, 3.8) is 0 Å². The molecule has 0 radical (unpaired) electrons. The fourth-order valence-corrected chi connectivity index (χ4v) is 3.26. The molecule has 0 aliphatic carbocycles. The Kier molecular flexibility index (Phi) is 4.52. The molecule has 0 N–H and O–H groups in total. The molecule has 0 unspecified atom stereocenters. The molecular weight excluding hydrogens is 300 g/mol. The predicted octanol–water partition coefficient (Wildman–Crippen LogP) is 2.97. The van der Waals surface area contributed by atoms with Crippen molar-refractivity contribution in [3.05, 3.63) is 45.3 Å². The summed E-state index contributed by atoms with van der Waals surface area (Å²) in [5, 5.41) is 1.11. The number of hydrogen-bond acceptors (Lipinski definition) is 4. The zero-order chi connectivity index (χ0) is 15.7. The number of piperidine rings is 1. The molecule has 1 aromatic carbocycles. The number of benzene rings is 1. The molecule has 0 atom stereocenters. The van der Waals surface area contributed by atoms with E-state index in [2.05, 4.69) is 23.9 Å². The molecule has 0 amide bonds. The van der Waals surface area contributed by atoms with Crippen LogP contribution in [0, 0.1) is 0 Å². The lowest BCUT2D eigenvalue weighted by Gasteiger charge is -2.34. The first-order chi connectivity index (χ1) is 10.5. The van der Waals surface area contributed by atoms with E-state index in [0.29, 0.717) is 34.1 Å². The number of nitrogens with zero attached hydrogens (tertiary/aromatic N) is 2. The summed E-state index contributed by atoms with van der Waals surface area (Å²) in [5.74, 6) is 0. The van der Waals surface area contributed by atoms with Gasteiger partial charge in [-0.05, 0) is 58.2 Å². The van der Waals surface area contributed by atoms with Crippen molar-refractivity contribution in [2.24, 2.45) is 0 Å². The molecule has 0 spiro atoms. The summed E-state index contributed by atoms with van der Waals surface area (Å²) in [6, 6.07) is 5.67. The van der Waals surface area contributed by atoms with Gasteiger partial charge in [0, 0.05) is 23.2 Å². The van der Waals surface area contributed by atoms with Crippen LogP contribution in [-0.4, -0.2) is 43.0 Å². The number of likely N-dealkylation sites (tertiary alicyclic amines) is 1. The highest BCUT2D eigenvalue weighted by atomic mass is 35.5. The summed E-state index contributed by atoms with van der Waals surface area (Å²) < 4.78 is 5.59. The minimum atomic E-state index is 0.0172. The Labute approximate surface area is 135 Å². The van der Waals surface area contributed by atoms with E-state index in [4.69, 9.17) is 16.0 Å². The molecule has 0 bridgehead atoms. The Balaban J connectivity index is 1.81.